The first-order valence-electron chi connectivity index (χ1n) is 6.75. The van der Waals surface area contributed by atoms with Gasteiger partial charge in [-0.2, -0.15) is 0 Å². The van der Waals surface area contributed by atoms with Crippen molar-refractivity contribution in [1.82, 2.24) is 0 Å². The van der Waals surface area contributed by atoms with Crippen LogP contribution in [0.2, 0.25) is 5.02 Å². The number of para-hydroxylation sites is 1. The molecule has 4 heteroatoms. The topological polar surface area (TPSA) is 38.3 Å². The van der Waals surface area contributed by atoms with E-state index in [1.165, 1.54) is 12.8 Å². The molecule has 104 valence electrons. The van der Waals surface area contributed by atoms with Gasteiger partial charge in [0.05, 0.1) is 17.3 Å². The summed E-state index contributed by atoms with van der Waals surface area (Å²) < 4.78 is 5.20. The Labute approximate surface area is 119 Å². The minimum atomic E-state index is -0.706. The van der Waals surface area contributed by atoms with E-state index in [4.69, 9.17) is 16.3 Å². The van der Waals surface area contributed by atoms with E-state index in [9.17, 15) is 4.79 Å². The third-order valence-corrected chi connectivity index (χ3v) is 3.73. The van der Waals surface area contributed by atoms with Crippen LogP contribution in [0.3, 0.4) is 0 Å². The molecule has 0 saturated heterocycles. The van der Waals surface area contributed by atoms with Crippen LogP contribution in [0.4, 0.5) is 5.69 Å². The molecule has 1 aromatic rings. The molecule has 0 spiro atoms. The highest BCUT2D eigenvalue weighted by Crippen LogP contribution is 2.39. The lowest BCUT2D eigenvalue weighted by molar-refractivity contribution is -0.148. The smallest absolute Gasteiger partial charge is 0.331 e. The zero-order chi connectivity index (χ0) is 13.9. The number of rotatable bonds is 6. The fraction of sp³-hybridized carbons (Fsp3) is 0.533. The lowest BCUT2D eigenvalue weighted by Gasteiger charge is -2.30. The van der Waals surface area contributed by atoms with E-state index in [2.05, 4.69) is 5.32 Å². The Balaban J connectivity index is 2.17. The van der Waals surface area contributed by atoms with Crippen LogP contribution in [0.1, 0.15) is 33.1 Å². The highest BCUT2D eigenvalue weighted by molar-refractivity contribution is 6.33. The second kappa shape index (κ2) is 5.83. The van der Waals surface area contributed by atoms with Gasteiger partial charge in [0.25, 0.3) is 0 Å². The first-order chi connectivity index (χ1) is 9.05. The van der Waals surface area contributed by atoms with Gasteiger partial charge in [-0.05, 0) is 38.3 Å². The number of ether oxygens (including phenoxy) is 1. The Bertz CT molecular complexity index is 459. The van der Waals surface area contributed by atoms with Gasteiger partial charge in [0.2, 0.25) is 0 Å². The molecule has 0 aliphatic heterocycles. The van der Waals surface area contributed by atoms with E-state index in [1.807, 2.05) is 38.1 Å². The van der Waals surface area contributed by atoms with E-state index in [-0.39, 0.29) is 5.97 Å². The van der Waals surface area contributed by atoms with Gasteiger partial charge in [-0.15, -0.1) is 0 Å². The maximum atomic E-state index is 12.2. The molecule has 1 aliphatic carbocycles. The second-order valence-corrected chi connectivity index (χ2v) is 5.71. The molecule has 1 N–H and O–H groups in total. The molecule has 0 radical (unpaired) electrons. The fourth-order valence-corrected chi connectivity index (χ4v) is 2.42. The summed E-state index contributed by atoms with van der Waals surface area (Å²) >= 11 is 6.15. The minimum absolute atomic E-state index is 0.207. The normalized spacial score (nSPS) is 17.6. The zero-order valence-electron chi connectivity index (χ0n) is 11.4. The van der Waals surface area contributed by atoms with Gasteiger partial charge in [-0.25, -0.2) is 4.79 Å². The third kappa shape index (κ3) is 3.63. The molecular weight excluding hydrogens is 262 g/mol. The molecule has 1 saturated carbocycles. The van der Waals surface area contributed by atoms with Crippen molar-refractivity contribution in [3.8, 4) is 0 Å². The number of benzene rings is 1. The lowest BCUT2D eigenvalue weighted by atomic mass is 9.94. The van der Waals surface area contributed by atoms with Crippen LogP contribution in [0.15, 0.2) is 24.3 Å². The number of anilines is 1. The molecule has 1 aliphatic rings. The fourth-order valence-electron chi connectivity index (χ4n) is 2.23. The van der Waals surface area contributed by atoms with Crippen molar-refractivity contribution >= 4 is 23.3 Å². The molecular formula is C15H20ClNO2. The van der Waals surface area contributed by atoms with Crippen LogP contribution in [0.25, 0.3) is 0 Å². The van der Waals surface area contributed by atoms with Gasteiger partial charge >= 0.3 is 5.97 Å². The maximum Gasteiger partial charge on any atom is 0.331 e. The van der Waals surface area contributed by atoms with Crippen molar-refractivity contribution < 1.29 is 9.53 Å². The van der Waals surface area contributed by atoms with Crippen molar-refractivity contribution in [3.05, 3.63) is 29.3 Å². The van der Waals surface area contributed by atoms with Gasteiger partial charge < -0.3 is 10.1 Å². The Morgan fingerprint density at radius 1 is 1.47 bits per heavy atom. The van der Waals surface area contributed by atoms with E-state index in [0.29, 0.717) is 17.5 Å². The van der Waals surface area contributed by atoms with Crippen LogP contribution < -0.4 is 5.32 Å². The summed E-state index contributed by atoms with van der Waals surface area (Å²) in [6.07, 6.45) is 3.18. The zero-order valence-corrected chi connectivity index (χ0v) is 12.2. The predicted molar refractivity (Wildman–Crippen MR) is 77.5 cm³/mol. The van der Waals surface area contributed by atoms with Crippen LogP contribution in [-0.4, -0.2) is 18.1 Å². The van der Waals surface area contributed by atoms with Gasteiger partial charge in [0.15, 0.2) is 0 Å². The lowest BCUT2D eigenvalue weighted by Crippen LogP contribution is -2.45. The Morgan fingerprint density at radius 3 is 2.74 bits per heavy atom. The van der Waals surface area contributed by atoms with Crippen molar-refractivity contribution in [2.45, 2.75) is 38.6 Å². The van der Waals surface area contributed by atoms with E-state index < -0.39 is 5.54 Å². The molecule has 0 bridgehead atoms. The summed E-state index contributed by atoms with van der Waals surface area (Å²) in [5, 5.41) is 3.89. The Kier molecular flexibility index (Phi) is 4.35. The van der Waals surface area contributed by atoms with Crippen LogP contribution in [-0.2, 0) is 9.53 Å². The number of hydrogen-bond donors (Lipinski definition) is 1. The first-order valence-corrected chi connectivity index (χ1v) is 7.13. The van der Waals surface area contributed by atoms with E-state index in [1.54, 1.807) is 0 Å². The number of hydrogen-bond acceptors (Lipinski definition) is 3. The summed E-state index contributed by atoms with van der Waals surface area (Å²) in [4.78, 5) is 12.2. The van der Waals surface area contributed by atoms with Crippen molar-refractivity contribution in [1.29, 1.82) is 0 Å². The second-order valence-electron chi connectivity index (χ2n) is 5.30. The summed E-state index contributed by atoms with van der Waals surface area (Å²) in [6.45, 7) is 4.11. The summed E-state index contributed by atoms with van der Waals surface area (Å²) in [5.74, 6) is 0.409. The number of carbonyl (C=O) groups is 1. The standard InChI is InChI=1S/C15H20ClNO2/c1-3-19-14(18)15(2,10-11-8-9-11)17-13-7-5-4-6-12(13)16/h4-7,11,17H,3,8-10H2,1-2H3. The molecule has 1 atom stereocenters. The monoisotopic (exact) mass is 281 g/mol. The van der Waals surface area contributed by atoms with Gasteiger partial charge in [-0.1, -0.05) is 36.6 Å². The molecule has 19 heavy (non-hydrogen) atoms. The van der Waals surface area contributed by atoms with E-state index >= 15 is 0 Å². The number of halogens is 1. The van der Waals surface area contributed by atoms with Crippen molar-refractivity contribution in [2.24, 2.45) is 5.92 Å². The molecule has 1 aromatic carbocycles. The summed E-state index contributed by atoms with van der Waals surface area (Å²) in [5.41, 5.74) is 0.0719. The number of nitrogens with one attached hydrogen (secondary N) is 1. The van der Waals surface area contributed by atoms with Gasteiger partial charge in [-0.3, -0.25) is 0 Å². The average molecular weight is 282 g/mol. The molecule has 0 aromatic heterocycles. The molecule has 3 nitrogen and oxygen atoms in total. The van der Waals surface area contributed by atoms with Crippen LogP contribution in [0, 0.1) is 5.92 Å². The van der Waals surface area contributed by atoms with Crippen LogP contribution >= 0.6 is 11.6 Å². The van der Waals surface area contributed by atoms with Crippen LogP contribution in [0.5, 0.6) is 0 Å². The summed E-state index contributed by atoms with van der Waals surface area (Å²) in [7, 11) is 0. The molecule has 2 rings (SSSR count). The summed E-state index contributed by atoms with van der Waals surface area (Å²) in [6, 6.07) is 7.46. The number of carbonyl (C=O) groups excluding carboxylic acids is 1. The first kappa shape index (κ1) is 14.2. The molecule has 0 heterocycles. The highest BCUT2D eigenvalue weighted by Gasteiger charge is 2.40. The Hall–Kier alpha value is -1.22. The molecule has 1 unspecified atom stereocenters. The average Bonchev–Trinajstić information content (AvgIpc) is 3.16. The maximum absolute atomic E-state index is 12.2. The Morgan fingerprint density at radius 2 is 2.16 bits per heavy atom. The minimum Gasteiger partial charge on any atom is -0.464 e. The van der Waals surface area contributed by atoms with Gasteiger partial charge in [0.1, 0.15) is 5.54 Å². The molecule has 1 fully saturated rings. The number of esters is 1. The van der Waals surface area contributed by atoms with E-state index in [0.717, 1.165) is 12.1 Å². The SMILES string of the molecule is CCOC(=O)C(C)(CC1CC1)Nc1ccccc1Cl. The quantitative estimate of drug-likeness (QED) is 0.805. The van der Waals surface area contributed by atoms with Crippen molar-refractivity contribution in [2.75, 3.05) is 11.9 Å². The van der Waals surface area contributed by atoms with Crippen molar-refractivity contribution in [3.63, 3.8) is 0 Å². The third-order valence-electron chi connectivity index (χ3n) is 3.40. The van der Waals surface area contributed by atoms with Gasteiger partial charge in [0, 0.05) is 0 Å². The highest BCUT2D eigenvalue weighted by atomic mass is 35.5. The largest absolute Gasteiger partial charge is 0.464 e. The molecule has 0 amide bonds. The predicted octanol–water partition coefficient (Wildman–Crippen LogP) is 3.87.